The fourth-order valence-electron chi connectivity index (χ4n) is 3.39. The smallest absolute Gasteiger partial charge is 0.119 e. The number of nitrogens with zero attached hydrogens (tertiary/aromatic N) is 3. The lowest BCUT2D eigenvalue weighted by atomic mass is 10.1. The Hall–Kier alpha value is -1.85. The molecule has 1 aromatic carbocycles. The Bertz CT molecular complexity index is 691. The predicted octanol–water partition coefficient (Wildman–Crippen LogP) is 2.32. The Kier molecular flexibility index (Phi) is 4.29. The van der Waals surface area contributed by atoms with Gasteiger partial charge in [0.1, 0.15) is 18.5 Å². The summed E-state index contributed by atoms with van der Waals surface area (Å²) in [5, 5.41) is 10.3. The van der Waals surface area contributed by atoms with Crippen molar-refractivity contribution in [3.05, 3.63) is 47.5 Å². The van der Waals surface area contributed by atoms with Crippen LogP contribution in [0.2, 0.25) is 0 Å². The first-order valence-corrected chi connectivity index (χ1v) is 8.83. The average Bonchev–Trinajstić information content (AvgIpc) is 3.34. The summed E-state index contributed by atoms with van der Waals surface area (Å²) in [5.41, 5.74) is 3.79. The molecule has 0 bridgehead atoms. The third kappa shape index (κ3) is 3.47. The highest BCUT2D eigenvalue weighted by molar-refractivity contribution is 5.26. The number of aliphatic hydroxyl groups is 1. The van der Waals surface area contributed by atoms with E-state index in [4.69, 9.17) is 4.74 Å². The highest BCUT2D eigenvalue weighted by Gasteiger charge is 2.29. The molecule has 2 aliphatic rings. The summed E-state index contributed by atoms with van der Waals surface area (Å²) in [6.45, 7) is 4.81. The predicted molar refractivity (Wildman–Crippen MR) is 92.2 cm³/mol. The minimum absolute atomic E-state index is 0.322. The van der Waals surface area contributed by atoms with E-state index in [2.05, 4.69) is 14.5 Å². The lowest BCUT2D eigenvalue weighted by Gasteiger charge is -2.28. The standard InChI is InChI=1S/C19H25N3O2/c1-14-2-6-17(7-3-14)24-12-16(23)10-21-9-8-19-18(11-21)20-13-22(19)15-4-5-15/h2-3,6-7,13,15-16,23H,4-5,8-12H2,1H3. The number of ether oxygens (including phenoxy) is 1. The summed E-state index contributed by atoms with van der Waals surface area (Å²) in [7, 11) is 0. The van der Waals surface area contributed by atoms with Crippen LogP contribution in [0, 0.1) is 6.92 Å². The molecule has 2 aromatic rings. The Morgan fingerprint density at radius 3 is 2.83 bits per heavy atom. The maximum Gasteiger partial charge on any atom is 0.119 e. The van der Waals surface area contributed by atoms with E-state index in [1.807, 2.05) is 37.5 Å². The fourth-order valence-corrected chi connectivity index (χ4v) is 3.39. The van der Waals surface area contributed by atoms with E-state index in [9.17, 15) is 5.11 Å². The largest absolute Gasteiger partial charge is 0.491 e. The molecule has 1 fully saturated rings. The molecule has 0 amide bonds. The molecular formula is C19H25N3O2. The van der Waals surface area contributed by atoms with E-state index in [-0.39, 0.29) is 0 Å². The van der Waals surface area contributed by atoms with Gasteiger partial charge in [-0.15, -0.1) is 0 Å². The topological polar surface area (TPSA) is 50.5 Å². The molecule has 1 aliphatic carbocycles. The molecule has 24 heavy (non-hydrogen) atoms. The van der Waals surface area contributed by atoms with Gasteiger partial charge in [-0.1, -0.05) is 17.7 Å². The number of fused-ring (bicyclic) bond motifs is 1. The molecule has 4 rings (SSSR count). The molecule has 0 radical (unpaired) electrons. The second kappa shape index (κ2) is 6.57. The van der Waals surface area contributed by atoms with Crippen molar-refractivity contribution in [2.75, 3.05) is 19.7 Å². The molecule has 1 saturated carbocycles. The van der Waals surface area contributed by atoms with Gasteiger partial charge in [0, 0.05) is 37.8 Å². The molecule has 5 heteroatoms. The summed E-state index contributed by atoms with van der Waals surface area (Å²) in [6.07, 6.45) is 5.13. The van der Waals surface area contributed by atoms with Gasteiger partial charge in [-0.05, 0) is 31.9 Å². The van der Waals surface area contributed by atoms with Gasteiger partial charge in [0.15, 0.2) is 0 Å². The van der Waals surface area contributed by atoms with E-state index in [0.29, 0.717) is 19.2 Å². The molecule has 1 unspecified atom stereocenters. The SMILES string of the molecule is Cc1ccc(OCC(O)CN2CCc3c(ncn3C3CC3)C2)cc1. The minimum atomic E-state index is -0.488. The maximum atomic E-state index is 10.3. The molecule has 0 saturated heterocycles. The first-order chi connectivity index (χ1) is 11.7. The van der Waals surface area contributed by atoms with Crippen LogP contribution in [0.4, 0.5) is 0 Å². The van der Waals surface area contributed by atoms with Crippen molar-refractivity contribution in [2.45, 2.75) is 44.9 Å². The van der Waals surface area contributed by atoms with Crippen molar-refractivity contribution in [1.82, 2.24) is 14.5 Å². The quantitative estimate of drug-likeness (QED) is 0.885. The van der Waals surface area contributed by atoms with Crippen LogP contribution in [-0.4, -0.2) is 45.4 Å². The second-order valence-corrected chi connectivity index (χ2v) is 7.04. The van der Waals surface area contributed by atoms with Crippen LogP contribution in [0.25, 0.3) is 0 Å². The van der Waals surface area contributed by atoms with E-state index < -0.39 is 6.10 Å². The van der Waals surface area contributed by atoms with Gasteiger partial charge in [0.05, 0.1) is 12.0 Å². The number of hydrogen-bond acceptors (Lipinski definition) is 4. The van der Waals surface area contributed by atoms with Crippen LogP contribution in [0.1, 0.15) is 35.8 Å². The highest BCUT2D eigenvalue weighted by atomic mass is 16.5. The molecule has 128 valence electrons. The van der Waals surface area contributed by atoms with E-state index in [1.54, 1.807) is 0 Å². The van der Waals surface area contributed by atoms with Gasteiger partial charge in [-0.3, -0.25) is 4.90 Å². The lowest BCUT2D eigenvalue weighted by Crippen LogP contribution is -2.39. The molecule has 1 N–H and O–H groups in total. The summed E-state index contributed by atoms with van der Waals surface area (Å²) in [4.78, 5) is 6.86. The van der Waals surface area contributed by atoms with Gasteiger partial charge < -0.3 is 14.4 Å². The fraction of sp³-hybridized carbons (Fsp3) is 0.526. The Morgan fingerprint density at radius 2 is 2.08 bits per heavy atom. The second-order valence-electron chi connectivity index (χ2n) is 7.04. The third-order valence-corrected chi connectivity index (χ3v) is 4.89. The van der Waals surface area contributed by atoms with Crippen LogP contribution in [0.5, 0.6) is 5.75 Å². The normalized spacial score (nSPS) is 19.1. The first-order valence-electron chi connectivity index (χ1n) is 8.83. The number of imidazole rings is 1. The average molecular weight is 327 g/mol. The molecule has 1 atom stereocenters. The summed E-state index contributed by atoms with van der Waals surface area (Å²) >= 11 is 0. The Morgan fingerprint density at radius 1 is 1.29 bits per heavy atom. The molecule has 0 spiro atoms. The molecule has 2 heterocycles. The number of aliphatic hydroxyl groups excluding tert-OH is 1. The van der Waals surface area contributed by atoms with Gasteiger partial charge >= 0.3 is 0 Å². The summed E-state index contributed by atoms with van der Waals surface area (Å²) in [5.74, 6) is 0.809. The van der Waals surface area contributed by atoms with Crippen LogP contribution in [0.15, 0.2) is 30.6 Å². The van der Waals surface area contributed by atoms with Crippen molar-refractivity contribution in [1.29, 1.82) is 0 Å². The van der Waals surface area contributed by atoms with Gasteiger partial charge in [-0.2, -0.15) is 0 Å². The maximum absolute atomic E-state index is 10.3. The summed E-state index contributed by atoms with van der Waals surface area (Å²) < 4.78 is 8.05. The van der Waals surface area contributed by atoms with E-state index in [0.717, 1.165) is 25.3 Å². The number of β-amino-alcohol motifs (C(OH)–C–C–N with tert-alkyl or cyclic N) is 1. The van der Waals surface area contributed by atoms with Crippen LogP contribution >= 0.6 is 0 Å². The minimum Gasteiger partial charge on any atom is -0.491 e. The van der Waals surface area contributed by atoms with Gasteiger partial charge in [0.2, 0.25) is 0 Å². The zero-order valence-electron chi connectivity index (χ0n) is 14.2. The molecule has 5 nitrogen and oxygen atoms in total. The number of hydrogen-bond donors (Lipinski definition) is 1. The lowest BCUT2D eigenvalue weighted by molar-refractivity contribution is 0.0630. The Labute approximate surface area is 142 Å². The van der Waals surface area contributed by atoms with Crippen LogP contribution < -0.4 is 4.74 Å². The number of rotatable bonds is 6. The van der Waals surface area contributed by atoms with Crippen molar-refractivity contribution < 1.29 is 9.84 Å². The molecule has 1 aromatic heterocycles. The van der Waals surface area contributed by atoms with Crippen molar-refractivity contribution in [3.63, 3.8) is 0 Å². The van der Waals surface area contributed by atoms with Crippen molar-refractivity contribution in [3.8, 4) is 5.75 Å². The highest BCUT2D eigenvalue weighted by Crippen LogP contribution is 2.37. The van der Waals surface area contributed by atoms with Gasteiger partial charge in [-0.25, -0.2) is 4.98 Å². The van der Waals surface area contributed by atoms with Gasteiger partial charge in [0.25, 0.3) is 0 Å². The number of benzene rings is 1. The van der Waals surface area contributed by atoms with Crippen molar-refractivity contribution >= 4 is 0 Å². The zero-order chi connectivity index (χ0) is 16.5. The van der Waals surface area contributed by atoms with Crippen LogP contribution in [0.3, 0.4) is 0 Å². The zero-order valence-corrected chi connectivity index (χ0v) is 14.2. The van der Waals surface area contributed by atoms with Crippen LogP contribution in [-0.2, 0) is 13.0 Å². The number of aromatic nitrogens is 2. The molecular weight excluding hydrogens is 302 g/mol. The third-order valence-electron chi connectivity index (χ3n) is 4.89. The van der Waals surface area contributed by atoms with E-state index in [1.165, 1.54) is 29.8 Å². The monoisotopic (exact) mass is 327 g/mol. The first kappa shape index (κ1) is 15.7. The number of aryl methyl sites for hydroxylation is 1. The Balaban J connectivity index is 1.28. The summed E-state index contributed by atoms with van der Waals surface area (Å²) in [6, 6.07) is 8.62. The van der Waals surface area contributed by atoms with Crippen molar-refractivity contribution in [2.24, 2.45) is 0 Å². The van der Waals surface area contributed by atoms with E-state index >= 15 is 0 Å². The molecule has 1 aliphatic heterocycles.